The molecule has 0 fully saturated rings. The number of aliphatic hydroxyl groups is 1. The molecule has 0 radical (unpaired) electrons. The van der Waals surface area contributed by atoms with E-state index in [2.05, 4.69) is 4.74 Å². The van der Waals surface area contributed by atoms with Crippen molar-refractivity contribution in [1.82, 2.24) is 0 Å². The number of hydrogen-bond donors (Lipinski definition) is 1. The van der Waals surface area contributed by atoms with Crippen LogP contribution in [0.1, 0.15) is 18.1 Å². The molecule has 1 atom stereocenters. The molecule has 15 heavy (non-hydrogen) atoms. The van der Waals surface area contributed by atoms with E-state index >= 15 is 0 Å². The summed E-state index contributed by atoms with van der Waals surface area (Å²) >= 11 is 11.5. The van der Waals surface area contributed by atoms with E-state index in [0.717, 1.165) is 0 Å². The predicted octanol–water partition coefficient (Wildman–Crippen LogP) is 2.59. The lowest BCUT2D eigenvalue weighted by Crippen LogP contribution is -2.08. The van der Waals surface area contributed by atoms with E-state index in [0.29, 0.717) is 15.6 Å². The molecule has 0 aromatic heterocycles. The molecular formula is C10H10Cl2O3. The number of aliphatic hydroxyl groups excluding tert-OH is 1. The molecule has 0 aliphatic rings. The fourth-order valence-electron chi connectivity index (χ4n) is 1.13. The Morgan fingerprint density at radius 1 is 1.40 bits per heavy atom. The standard InChI is InChI=1S/C10H10Cl2O3/c1-15-10(14)5-9(13)6-2-7(11)4-8(12)3-6/h2-4,9,13H,5H2,1H3/t9-/m1/s1. The van der Waals surface area contributed by atoms with Gasteiger partial charge in [-0.1, -0.05) is 23.2 Å². The van der Waals surface area contributed by atoms with Crippen LogP contribution in [-0.4, -0.2) is 18.2 Å². The summed E-state index contributed by atoms with van der Waals surface area (Å²) in [4.78, 5) is 10.9. The monoisotopic (exact) mass is 248 g/mol. The highest BCUT2D eigenvalue weighted by Crippen LogP contribution is 2.25. The Morgan fingerprint density at radius 3 is 2.40 bits per heavy atom. The molecule has 0 saturated carbocycles. The van der Waals surface area contributed by atoms with Crippen LogP contribution in [0.3, 0.4) is 0 Å². The number of benzene rings is 1. The smallest absolute Gasteiger partial charge is 0.308 e. The van der Waals surface area contributed by atoms with Crippen molar-refractivity contribution in [2.24, 2.45) is 0 Å². The summed E-state index contributed by atoms with van der Waals surface area (Å²) in [7, 11) is 1.26. The number of hydrogen-bond acceptors (Lipinski definition) is 3. The molecule has 0 aliphatic heterocycles. The van der Waals surface area contributed by atoms with E-state index in [4.69, 9.17) is 23.2 Å². The number of halogens is 2. The van der Waals surface area contributed by atoms with Gasteiger partial charge in [0.15, 0.2) is 0 Å². The molecular weight excluding hydrogens is 239 g/mol. The molecule has 0 saturated heterocycles. The Hall–Kier alpha value is -0.770. The molecule has 1 N–H and O–H groups in total. The first kappa shape index (κ1) is 12.3. The summed E-state index contributed by atoms with van der Waals surface area (Å²) in [6.07, 6.45) is -1.07. The van der Waals surface area contributed by atoms with Gasteiger partial charge >= 0.3 is 5.97 Å². The van der Waals surface area contributed by atoms with Crippen LogP contribution in [0.25, 0.3) is 0 Å². The lowest BCUT2D eigenvalue weighted by molar-refractivity contribution is -0.142. The first-order chi connectivity index (χ1) is 7.02. The van der Waals surface area contributed by atoms with Crippen molar-refractivity contribution in [3.63, 3.8) is 0 Å². The Morgan fingerprint density at radius 2 is 1.93 bits per heavy atom. The van der Waals surface area contributed by atoms with Crippen molar-refractivity contribution in [2.45, 2.75) is 12.5 Å². The molecule has 5 heteroatoms. The topological polar surface area (TPSA) is 46.5 Å². The van der Waals surface area contributed by atoms with Crippen LogP contribution in [0.4, 0.5) is 0 Å². The zero-order valence-corrected chi connectivity index (χ0v) is 9.55. The largest absolute Gasteiger partial charge is 0.469 e. The van der Waals surface area contributed by atoms with Crippen LogP contribution in [0, 0.1) is 0 Å². The minimum Gasteiger partial charge on any atom is -0.469 e. The van der Waals surface area contributed by atoms with Gasteiger partial charge in [-0.15, -0.1) is 0 Å². The highest BCUT2D eigenvalue weighted by atomic mass is 35.5. The van der Waals surface area contributed by atoms with Crippen LogP contribution in [-0.2, 0) is 9.53 Å². The summed E-state index contributed by atoms with van der Waals surface area (Å²) < 4.78 is 4.44. The number of ether oxygens (including phenoxy) is 1. The van der Waals surface area contributed by atoms with Gasteiger partial charge < -0.3 is 9.84 Å². The number of rotatable bonds is 3. The Kier molecular flexibility index (Phi) is 4.39. The average molecular weight is 249 g/mol. The van der Waals surface area contributed by atoms with Crippen molar-refractivity contribution >= 4 is 29.2 Å². The Labute approximate surface area is 97.6 Å². The van der Waals surface area contributed by atoms with Gasteiger partial charge in [-0.05, 0) is 23.8 Å². The summed E-state index contributed by atoms with van der Waals surface area (Å²) in [5, 5.41) is 10.5. The van der Waals surface area contributed by atoms with E-state index < -0.39 is 12.1 Å². The second-order valence-electron chi connectivity index (χ2n) is 3.00. The highest BCUT2D eigenvalue weighted by Gasteiger charge is 2.14. The summed E-state index contributed by atoms with van der Waals surface area (Å²) in [5.74, 6) is -0.487. The van der Waals surface area contributed by atoms with Crippen molar-refractivity contribution in [2.75, 3.05) is 7.11 Å². The summed E-state index contributed by atoms with van der Waals surface area (Å²) in [6.45, 7) is 0. The van der Waals surface area contributed by atoms with E-state index in [1.54, 1.807) is 18.2 Å². The van der Waals surface area contributed by atoms with Gasteiger partial charge in [0.05, 0.1) is 19.6 Å². The Balaban J connectivity index is 2.81. The molecule has 1 aromatic carbocycles. The van der Waals surface area contributed by atoms with E-state index in [1.165, 1.54) is 7.11 Å². The molecule has 1 rings (SSSR count). The van der Waals surface area contributed by atoms with Crippen molar-refractivity contribution in [3.05, 3.63) is 33.8 Å². The SMILES string of the molecule is COC(=O)C[C@@H](O)c1cc(Cl)cc(Cl)c1. The molecule has 82 valence electrons. The van der Waals surface area contributed by atoms with Gasteiger partial charge in [0.2, 0.25) is 0 Å². The minimum atomic E-state index is -0.950. The Bertz CT molecular complexity index is 345. The predicted molar refractivity (Wildman–Crippen MR) is 58.1 cm³/mol. The zero-order valence-electron chi connectivity index (χ0n) is 8.04. The minimum absolute atomic E-state index is 0.118. The number of carbonyl (C=O) groups excluding carboxylic acids is 1. The third-order valence-electron chi connectivity index (χ3n) is 1.86. The summed E-state index contributed by atoms with van der Waals surface area (Å²) in [5.41, 5.74) is 0.498. The van der Waals surface area contributed by atoms with Crippen molar-refractivity contribution < 1.29 is 14.6 Å². The fourth-order valence-corrected chi connectivity index (χ4v) is 1.67. The molecule has 0 unspecified atom stereocenters. The van der Waals surface area contributed by atoms with Gasteiger partial charge in [0, 0.05) is 10.0 Å². The van der Waals surface area contributed by atoms with E-state index in [1.807, 2.05) is 0 Å². The van der Waals surface area contributed by atoms with Crippen LogP contribution in [0.5, 0.6) is 0 Å². The molecule has 0 aliphatic carbocycles. The third-order valence-corrected chi connectivity index (χ3v) is 2.29. The van der Waals surface area contributed by atoms with Gasteiger partial charge in [-0.3, -0.25) is 4.79 Å². The average Bonchev–Trinajstić information content (AvgIpc) is 2.16. The lowest BCUT2D eigenvalue weighted by Gasteiger charge is -2.10. The van der Waals surface area contributed by atoms with Crippen molar-refractivity contribution in [1.29, 1.82) is 0 Å². The first-order valence-corrected chi connectivity index (χ1v) is 4.99. The van der Waals surface area contributed by atoms with Crippen LogP contribution in [0.2, 0.25) is 10.0 Å². The van der Waals surface area contributed by atoms with Gasteiger partial charge in [-0.25, -0.2) is 0 Å². The maximum absolute atomic E-state index is 10.9. The number of esters is 1. The zero-order chi connectivity index (χ0) is 11.4. The molecule has 0 spiro atoms. The van der Waals surface area contributed by atoms with Gasteiger partial charge in [0.1, 0.15) is 0 Å². The second kappa shape index (κ2) is 5.35. The number of methoxy groups -OCH3 is 1. The van der Waals surface area contributed by atoms with E-state index in [9.17, 15) is 9.90 Å². The first-order valence-electron chi connectivity index (χ1n) is 4.24. The molecule has 0 bridgehead atoms. The summed E-state index contributed by atoms with van der Waals surface area (Å²) in [6, 6.07) is 4.67. The normalized spacial score (nSPS) is 12.3. The number of carbonyl (C=O) groups is 1. The molecule has 1 aromatic rings. The van der Waals surface area contributed by atoms with Gasteiger partial charge in [0.25, 0.3) is 0 Å². The van der Waals surface area contributed by atoms with Crippen LogP contribution in [0.15, 0.2) is 18.2 Å². The molecule has 0 amide bonds. The maximum Gasteiger partial charge on any atom is 0.308 e. The van der Waals surface area contributed by atoms with Gasteiger partial charge in [-0.2, -0.15) is 0 Å². The highest BCUT2D eigenvalue weighted by molar-refractivity contribution is 6.34. The fraction of sp³-hybridized carbons (Fsp3) is 0.300. The quantitative estimate of drug-likeness (QED) is 0.837. The lowest BCUT2D eigenvalue weighted by atomic mass is 10.1. The van der Waals surface area contributed by atoms with E-state index in [-0.39, 0.29) is 6.42 Å². The van der Waals surface area contributed by atoms with Crippen LogP contribution >= 0.6 is 23.2 Å². The second-order valence-corrected chi connectivity index (χ2v) is 3.87. The molecule has 0 heterocycles. The van der Waals surface area contributed by atoms with Crippen LogP contribution < -0.4 is 0 Å². The van der Waals surface area contributed by atoms with Crippen molar-refractivity contribution in [3.8, 4) is 0 Å². The third kappa shape index (κ3) is 3.70. The molecule has 3 nitrogen and oxygen atoms in total. The maximum atomic E-state index is 10.9.